The fourth-order valence-electron chi connectivity index (χ4n) is 1.67. The van der Waals surface area contributed by atoms with Gasteiger partial charge in [-0.1, -0.05) is 15.9 Å². The Balaban J connectivity index is 1.90. The molecule has 0 atom stereocenters. The van der Waals surface area contributed by atoms with E-state index in [1.165, 1.54) is 31.4 Å². The molecular formula is C10H15BrN2. The van der Waals surface area contributed by atoms with Crippen molar-refractivity contribution in [1.29, 1.82) is 0 Å². The van der Waals surface area contributed by atoms with Crippen LogP contribution >= 0.6 is 15.9 Å². The average Bonchev–Trinajstić information content (AvgIpc) is 2.82. The molecule has 3 heteroatoms. The SMILES string of the molecule is Cn1nccc1CCC1(CBr)CC1. The summed E-state index contributed by atoms with van der Waals surface area (Å²) >= 11 is 3.59. The first-order valence-electron chi connectivity index (χ1n) is 4.79. The van der Waals surface area contributed by atoms with E-state index in [-0.39, 0.29) is 0 Å². The van der Waals surface area contributed by atoms with Gasteiger partial charge in [-0.3, -0.25) is 4.68 Å². The van der Waals surface area contributed by atoms with E-state index in [0.29, 0.717) is 5.41 Å². The molecule has 0 spiro atoms. The van der Waals surface area contributed by atoms with E-state index in [0.717, 1.165) is 5.33 Å². The number of nitrogens with zero attached hydrogens (tertiary/aromatic N) is 2. The van der Waals surface area contributed by atoms with Crippen LogP contribution in [0.5, 0.6) is 0 Å². The molecule has 1 heterocycles. The van der Waals surface area contributed by atoms with Crippen molar-refractivity contribution in [2.24, 2.45) is 12.5 Å². The zero-order valence-corrected chi connectivity index (χ0v) is 9.55. The van der Waals surface area contributed by atoms with Crippen LogP contribution in [0.1, 0.15) is 25.0 Å². The Bertz CT molecular complexity index is 289. The first-order chi connectivity index (χ1) is 6.26. The highest BCUT2D eigenvalue weighted by atomic mass is 79.9. The Kier molecular flexibility index (Phi) is 2.45. The van der Waals surface area contributed by atoms with Gasteiger partial charge in [0.2, 0.25) is 0 Å². The lowest BCUT2D eigenvalue weighted by Crippen LogP contribution is -2.06. The molecule has 1 aliphatic carbocycles. The van der Waals surface area contributed by atoms with E-state index in [9.17, 15) is 0 Å². The Morgan fingerprint density at radius 3 is 2.85 bits per heavy atom. The van der Waals surface area contributed by atoms with Crippen molar-refractivity contribution in [1.82, 2.24) is 9.78 Å². The largest absolute Gasteiger partial charge is 0.273 e. The fraction of sp³-hybridized carbons (Fsp3) is 0.700. The minimum absolute atomic E-state index is 0.629. The van der Waals surface area contributed by atoms with Crippen LogP contribution in [0.15, 0.2) is 12.3 Å². The van der Waals surface area contributed by atoms with Crippen LogP contribution in [0.3, 0.4) is 0 Å². The third-order valence-corrected chi connectivity index (χ3v) is 4.26. The van der Waals surface area contributed by atoms with E-state index in [2.05, 4.69) is 27.1 Å². The number of hydrogen-bond acceptors (Lipinski definition) is 1. The highest BCUT2D eigenvalue weighted by Crippen LogP contribution is 2.50. The molecule has 1 saturated carbocycles. The predicted molar refractivity (Wildman–Crippen MR) is 57.0 cm³/mol. The second kappa shape index (κ2) is 3.45. The molecule has 1 fully saturated rings. The van der Waals surface area contributed by atoms with Gasteiger partial charge in [0.25, 0.3) is 0 Å². The van der Waals surface area contributed by atoms with Gasteiger partial charge in [-0.25, -0.2) is 0 Å². The monoisotopic (exact) mass is 242 g/mol. The Morgan fingerprint density at radius 1 is 1.62 bits per heavy atom. The zero-order chi connectivity index (χ0) is 9.31. The second-order valence-corrected chi connectivity index (χ2v) is 4.64. The maximum atomic E-state index is 4.17. The van der Waals surface area contributed by atoms with Gasteiger partial charge in [0.05, 0.1) is 0 Å². The van der Waals surface area contributed by atoms with Crippen molar-refractivity contribution < 1.29 is 0 Å². The van der Waals surface area contributed by atoms with E-state index in [1.54, 1.807) is 0 Å². The van der Waals surface area contributed by atoms with Gasteiger partial charge >= 0.3 is 0 Å². The van der Waals surface area contributed by atoms with Crippen LogP contribution in [0.25, 0.3) is 0 Å². The maximum Gasteiger partial charge on any atom is 0.0492 e. The quantitative estimate of drug-likeness (QED) is 0.743. The molecule has 0 N–H and O–H groups in total. The van der Waals surface area contributed by atoms with E-state index >= 15 is 0 Å². The third kappa shape index (κ3) is 1.96. The summed E-state index contributed by atoms with van der Waals surface area (Å²) in [4.78, 5) is 0. The van der Waals surface area contributed by atoms with Gasteiger partial charge in [0, 0.05) is 24.3 Å². The van der Waals surface area contributed by atoms with Crippen molar-refractivity contribution in [3.63, 3.8) is 0 Å². The van der Waals surface area contributed by atoms with E-state index in [4.69, 9.17) is 0 Å². The lowest BCUT2D eigenvalue weighted by atomic mass is 10.0. The summed E-state index contributed by atoms with van der Waals surface area (Å²) in [6.07, 6.45) is 7.15. The molecule has 13 heavy (non-hydrogen) atoms. The maximum absolute atomic E-state index is 4.17. The van der Waals surface area contributed by atoms with Crippen LogP contribution in [0, 0.1) is 5.41 Å². The van der Waals surface area contributed by atoms with Crippen LogP contribution < -0.4 is 0 Å². The van der Waals surface area contributed by atoms with E-state index < -0.39 is 0 Å². The van der Waals surface area contributed by atoms with Crippen molar-refractivity contribution >= 4 is 15.9 Å². The third-order valence-electron chi connectivity index (χ3n) is 3.07. The Morgan fingerprint density at radius 2 is 2.38 bits per heavy atom. The summed E-state index contributed by atoms with van der Waals surface area (Å²) < 4.78 is 1.98. The molecule has 0 unspecified atom stereocenters. The Labute approximate surface area is 87.5 Å². The smallest absolute Gasteiger partial charge is 0.0492 e. The normalized spacial score (nSPS) is 18.9. The lowest BCUT2D eigenvalue weighted by Gasteiger charge is -2.10. The summed E-state index contributed by atoms with van der Waals surface area (Å²) in [5.74, 6) is 0. The Hall–Kier alpha value is -0.310. The van der Waals surface area contributed by atoms with Crippen molar-refractivity contribution in [2.45, 2.75) is 25.7 Å². The lowest BCUT2D eigenvalue weighted by molar-refractivity contribution is 0.517. The van der Waals surface area contributed by atoms with Crippen LogP contribution in [-0.4, -0.2) is 15.1 Å². The van der Waals surface area contributed by atoms with Crippen LogP contribution in [0.4, 0.5) is 0 Å². The zero-order valence-electron chi connectivity index (χ0n) is 7.96. The average molecular weight is 243 g/mol. The number of aromatic nitrogens is 2. The topological polar surface area (TPSA) is 17.8 Å². The second-order valence-electron chi connectivity index (χ2n) is 4.08. The predicted octanol–water partition coefficient (Wildman–Crippen LogP) is 2.53. The molecule has 1 aromatic heterocycles. The summed E-state index contributed by atoms with van der Waals surface area (Å²) in [5, 5.41) is 5.33. The van der Waals surface area contributed by atoms with Crippen molar-refractivity contribution in [3.8, 4) is 0 Å². The number of aryl methyl sites for hydroxylation is 2. The summed E-state index contributed by atoms with van der Waals surface area (Å²) in [6, 6.07) is 2.12. The molecule has 0 aromatic carbocycles. The first kappa shape index (κ1) is 9.25. The molecule has 0 bridgehead atoms. The highest BCUT2D eigenvalue weighted by Gasteiger charge is 2.40. The number of hydrogen-bond donors (Lipinski definition) is 0. The van der Waals surface area contributed by atoms with Gasteiger partial charge < -0.3 is 0 Å². The fourth-order valence-corrected chi connectivity index (χ4v) is 2.51. The highest BCUT2D eigenvalue weighted by molar-refractivity contribution is 9.09. The number of rotatable bonds is 4. The van der Waals surface area contributed by atoms with E-state index in [1.807, 2.05) is 17.9 Å². The molecule has 1 aliphatic rings. The standard InChI is InChI=1S/C10H15BrN2/c1-13-9(3-7-12-13)2-4-10(8-11)5-6-10/h3,7H,2,4-6,8H2,1H3. The van der Waals surface area contributed by atoms with Gasteiger partial charge in [-0.2, -0.15) is 5.10 Å². The first-order valence-corrected chi connectivity index (χ1v) is 5.91. The molecule has 0 radical (unpaired) electrons. The molecule has 72 valence electrons. The molecular weight excluding hydrogens is 228 g/mol. The molecule has 1 aromatic rings. The van der Waals surface area contributed by atoms with Gasteiger partial charge in [0.15, 0.2) is 0 Å². The van der Waals surface area contributed by atoms with Gasteiger partial charge in [-0.15, -0.1) is 0 Å². The molecule has 0 saturated heterocycles. The number of alkyl halides is 1. The summed E-state index contributed by atoms with van der Waals surface area (Å²) in [7, 11) is 2.02. The van der Waals surface area contributed by atoms with Crippen LogP contribution in [-0.2, 0) is 13.5 Å². The van der Waals surface area contributed by atoms with Crippen molar-refractivity contribution in [2.75, 3.05) is 5.33 Å². The van der Waals surface area contributed by atoms with Crippen molar-refractivity contribution in [3.05, 3.63) is 18.0 Å². The summed E-state index contributed by atoms with van der Waals surface area (Å²) in [5.41, 5.74) is 1.98. The molecule has 2 nitrogen and oxygen atoms in total. The number of halogens is 1. The summed E-state index contributed by atoms with van der Waals surface area (Å²) in [6.45, 7) is 0. The van der Waals surface area contributed by atoms with Crippen LogP contribution in [0.2, 0.25) is 0 Å². The minimum Gasteiger partial charge on any atom is -0.273 e. The van der Waals surface area contributed by atoms with Gasteiger partial charge in [-0.05, 0) is 37.2 Å². The molecule has 0 aliphatic heterocycles. The molecule has 2 rings (SSSR count). The molecule has 0 amide bonds. The van der Waals surface area contributed by atoms with Gasteiger partial charge in [0.1, 0.15) is 0 Å². The minimum atomic E-state index is 0.629.